The Hall–Kier alpha value is -1.29. The van der Waals surface area contributed by atoms with Gasteiger partial charge in [0.1, 0.15) is 11.6 Å². The smallest absolute Gasteiger partial charge is 0.345 e. The zero-order valence-electron chi connectivity index (χ0n) is 8.91. The molecule has 0 saturated heterocycles. The molecule has 0 fully saturated rings. The molecular weight excluding hydrogens is 235 g/mol. The molecule has 0 bridgehead atoms. The largest absolute Gasteiger partial charge is 0.478 e. The molecule has 16 heavy (non-hydrogen) atoms. The van der Waals surface area contributed by atoms with Crippen LogP contribution in [-0.2, 0) is 4.79 Å². The van der Waals surface area contributed by atoms with E-state index in [-0.39, 0.29) is 16.7 Å². The molecule has 88 valence electrons. The van der Waals surface area contributed by atoms with E-state index in [0.717, 1.165) is 6.07 Å². The Morgan fingerprint density at radius 2 is 2.12 bits per heavy atom. The lowest BCUT2D eigenvalue weighted by Gasteiger charge is -2.18. The van der Waals surface area contributed by atoms with Crippen LogP contribution in [0.3, 0.4) is 0 Å². The van der Waals surface area contributed by atoms with E-state index in [0.29, 0.717) is 0 Å². The van der Waals surface area contributed by atoms with Crippen molar-refractivity contribution in [3.63, 3.8) is 0 Å². The standard InChI is InChI=1S/C11H12ClFO3/c1-6(2)10(11(14)15)16-7-3-4-9(13)8(12)5-7/h3-6,10H,1-2H3,(H,14,15). The van der Waals surface area contributed by atoms with Crippen molar-refractivity contribution in [2.75, 3.05) is 0 Å². The Bertz CT molecular complexity index is 393. The van der Waals surface area contributed by atoms with Crippen LogP contribution in [-0.4, -0.2) is 17.2 Å². The van der Waals surface area contributed by atoms with Gasteiger partial charge in [0.2, 0.25) is 0 Å². The highest BCUT2D eigenvalue weighted by molar-refractivity contribution is 6.30. The number of aliphatic carboxylic acids is 1. The molecule has 1 unspecified atom stereocenters. The summed E-state index contributed by atoms with van der Waals surface area (Å²) in [4.78, 5) is 10.9. The van der Waals surface area contributed by atoms with E-state index in [9.17, 15) is 9.18 Å². The molecular formula is C11H12ClFO3. The third kappa shape index (κ3) is 3.10. The number of hydrogen-bond acceptors (Lipinski definition) is 2. The minimum atomic E-state index is -1.06. The molecule has 0 amide bonds. The van der Waals surface area contributed by atoms with Crippen LogP contribution in [0.1, 0.15) is 13.8 Å². The second-order valence-electron chi connectivity index (χ2n) is 3.70. The number of carbonyl (C=O) groups is 1. The number of carboxylic acid groups (broad SMARTS) is 1. The van der Waals surface area contributed by atoms with Gasteiger partial charge >= 0.3 is 5.97 Å². The number of rotatable bonds is 4. The van der Waals surface area contributed by atoms with E-state index in [1.807, 2.05) is 0 Å². The summed E-state index contributed by atoms with van der Waals surface area (Å²) in [5, 5.41) is 8.80. The van der Waals surface area contributed by atoms with Gasteiger partial charge in [0.15, 0.2) is 6.10 Å². The van der Waals surface area contributed by atoms with E-state index in [1.165, 1.54) is 12.1 Å². The van der Waals surface area contributed by atoms with Crippen LogP contribution in [0.15, 0.2) is 18.2 Å². The predicted octanol–water partition coefficient (Wildman–Crippen LogP) is 2.97. The van der Waals surface area contributed by atoms with Crippen molar-refractivity contribution in [1.29, 1.82) is 0 Å². The van der Waals surface area contributed by atoms with Crippen molar-refractivity contribution in [3.8, 4) is 5.75 Å². The Morgan fingerprint density at radius 1 is 1.50 bits per heavy atom. The summed E-state index contributed by atoms with van der Waals surface area (Å²) in [6, 6.07) is 3.74. The predicted molar refractivity (Wildman–Crippen MR) is 58.3 cm³/mol. The molecule has 0 aliphatic heterocycles. The monoisotopic (exact) mass is 246 g/mol. The summed E-state index contributed by atoms with van der Waals surface area (Å²) in [7, 11) is 0. The fourth-order valence-electron chi connectivity index (χ4n) is 1.17. The van der Waals surface area contributed by atoms with Crippen LogP contribution in [0.2, 0.25) is 5.02 Å². The molecule has 1 aromatic carbocycles. The summed E-state index contributed by atoms with van der Waals surface area (Å²) in [5.41, 5.74) is 0. The fourth-order valence-corrected chi connectivity index (χ4v) is 1.34. The molecule has 1 aromatic rings. The van der Waals surface area contributed by atoms with Gasteiger partial charge in [0.05, 0.1) is 5.02 Å². The van der Waals surface area contributed by atoms with Crippen LogP contribution in [0, 0.1) is 11.7 Å². The van der Waals surface area contributed by atoms with E-state index in [4.69, 9.17) is 21.4 Å². The number of halogens is 2. The second-order valence-corrected chi connectivity index (χ2v) is 4.10. The van der Waals surface area contributed by atoms with Gasteiger partial charge in [0, 0.05) is 12.0 Å². The van der Waals surface area contributed by atoms with Gasteiger partial charge in [0.25, 0.3) is 0 Å². The lowest BCUT2D eigenvalue weighted by Crippen LogP contribution is -2.32. The average Bonchev–Trinajstić information content (AvgIpc) is 2.18. The first kappa shape index (κ1) is 12.8. The molecule has 0 aliphatic rings. The van der Waals surface area contributed by atoms with Crippen molar-refractivity contribution in [2.45, 2.75) is 20.0 Å². The van der Waals surface area contributed by atoms with Gasteiger partial charge in [-0.3, -0.25) is 0 Å². The van der Waals surface area contributed by atoms with E-state index in [2.05, 4.69) is 0 Å². The Balaban J connectivity index is 2.86. The second kappa shape index (κ2) is 5.16. The quantitative estimate of drug-likeness (QED) is 0.888. The van der Waals surface area contributed by atoms with Gasteiger partial charge < -0.3 is 9.84 Å². The third-order valence-electron chi connectivity index (χ3n) is 2.00. The van der Waals surface area contributed by atoms with Crippen LogP contribution in [0.25, 0.3) is 0 Å². The maximum absolute atomic E-state index is 12.8. The van der Waals surface area contributed by atoms with Crippen LogP contribution >= 0.6 is 11.6 Å². The summed E-state index contributed by atoms with van der Waals surface area (Å²) in [6.07, 6.45) is -0.971. The SMILES string of the molecule is CC(C)C(Oc1ccc(F)c(Cl)c1)C(=O)O. The van der Waals surface area contributed by atoms with Gasteiger partial charge in [-0.15, -0.1) is 0 Å². The van der Waals surface area contributed by atoms with Gasteiger partial charge in [-0.2, -0.15) is 0 Å². The Labute approximate surface area is 97.8 Å². The summed E-state index contributed by atoms with van der Waals surface area (Å²) in [5.74, 6) is -1.57. The van der Waals surface area contributed by atoms with Crippen LogP contribution in [0.5, 0.6) is 5.75 Å². The molecule has 0 radical (unpaired) electrons. The minimum Gasteiger partial charge on any atom is -0.478 e. The molecule has 1 atom stereocenters. The molecule has 3 nitrogen and oxygen atoms in total. The molecule has 0 aromatic heterocycles. The first-order valence-electron chi connectivity index (χ1n) is 4.76. The number of benzene rings is 1. The van der Waals surface area contributed by atoms with Crippen molar-refractivity contribution in [2.24, 2.45) is 5.92 Å². The third-order valence-corrected chi connectivity index (χ3v) is 2.29. The van der Waals surface area contributed by atoms with Crippen LogP contribution < -0.4 is 4.74 Å². The van der Waals surface area contributed by atoms with Gasteiger partial charge in [-0.05, 0) is 12.1 Å². The molecule has 1 N–H and O–H groups in total. The normalized spacial score (nSPS) is 12.6. The molecule has 5 heteroatoms. The topological polar surface area (TPSA) is 46.5 Å². The Morgan fingerprint density at radius 3 is 2.56 bits per heavy atom. The number of ether oxygens (including phenoxy) is 1. The zero-order valence-corrected chi connectivity index (χ0v) is 9.66. The first-order chi connectivity index (χ1) is 7.41. The maximum Gasteiger partial charge on any atom is 0.345 e. The van der Waals surface area contributed by atoms with E-state index >= 15 is 0 Å². The van der Waals surface area contributed by atoms with Crippen molar-refractivity contribution < 1.29 is 19.0 Å². The lowest BCUT2D eigenvalue weighted by molar-refractivity contribution is -0.147. The summed E-state index contributed by atoms with van der Waals surface area (Å²) in [6.45, 7) is 3.45. The van der Waals surface area contributed by atoms with Crippen molar-refractivity contribution >= 4 is 17.6 Å². The lowest BCUT2D eigenvalue weighted by atomic mass is 10.1. The molecule has 0 aliphatic carbocycles. The van der Waals surface area contributed by atoms with E-state index < -0.39 is 17.9 Å². The first-order valence-corrected chi connectivity index (χ1v) is 5.14. The van der Waals surface area contributed by atoms with Crippen LogP contribution in [0.4, 0.5) is 4.39 Å². The zero-order chi connectivity index (χ0) is 12.3. The highest BCUT2D eigenvalue weighted by Crippen LogP contribution is 2.23. The van der Waals surface area contributed by atoms with Crippen molar-refractivity contribution in [1.82, 2.24) is 0 Å². The number of hydrogen-bond donors (Lipinski definition) is 1. The highest BCUT2D eigenvalue weighted by atomic mass is 35.5. The average molecular weight is 247 g/mol. The van der Waals surface area contributed by atoms with E-state index in [1.54, 1.807) is 13.8 Å². The minimum absolute atomic E-state index is 0.0922. The van der Waals surface area contributed by atoms with Crippen molar-refractivity contribution in [3.05, 3.63) is 29.0 Å². The summed E-state index contributed by atoms with van der Waals surface area (Å²) >= 11 is 5.55. The molecule has 1 rings (SSSR count). The molecule has 0 heterocycles. The summed E-state index contributed by atoms with van der Waals surface area (Å²) < 4.78 is 18.1. The van der Waals surface area contributed by atoms with Gasteiger partial charge in [-0.25, -0.2) is 9.18 Å². The fraction of sp³-hybridized carbons (Fsp3) is 0.364. The molecule has 0 spiro atoms. The van der Waals surface area contributed by atoms with Gasteiger partial charge in [-0.1, -0.05) is 25.4 Å². The number of carboxylic acids is 1. The molecule has 0 saturated carbocycles. The maximum atomic E-state index is 12.8. The highest BCUT2D eigenvalue weighted by Gasteiger charge is 2.23. The Kier molecular flexibility index (Phi) is 4.12.